The first-order valence-corrected chi connectivity index (χ1v) is 46.6. The summed E-state index contributed by atoms with van der Waals surface area (Å²) in [7, 11) is 0. The zero-order valence-corrected chi connectivity index (χ0v) is 78.9. The highest BCUT2D eigenvalue weighted by Gasteiger charge is 2.49. The number of carboxylic acid groups (broad SMARTS) is 1. The summed E-state index contributed by atoms with van der Waals surface area (Å²) in [6.07, 6.45) is -43.1. The van der Waals surface area contributed by atoms with Crippen molar-refractivity contribution in [2.75, 3.05) is 151 Å². The van der Waals surface area contributed by atoms with Gasteiger partial charge in [0.1, 0.15) is 135 Å². The number of nitrogens with zero attached hydrogens (tertiary/aromatic N) is 3. The highest BCUT2D eigenvalue weighted by atomic mass is 16.7. The van der Waals surface area contributed by atoms with Gasteiger partial charge in [-0.3, -0.25) is 62.5 Å². The quantitative estimate of drug-likeness (QED) is 0.0251. The van der Waals surface area contributed by atoms with Gasteiger partial charge in [0.05, 0.1) is 116 Å². The van der Waals surface area contributed by atoms with E-state index in [1.54, 1.807) is 0 Å². The van der Waals surface area contributed by atoms with Crippen LogP contribution in [-0.4, -0.2) is 530 Å². The largest absolute Gasteiger partial charge is 0.481 e. The molecule has 12 amide bonds. The van der Waals surface area contributed by atoms with Crippen molar-refractivity contribution >= 4 is 71.1 Å². The molecule has 0 saturated carbocycles. The summed E-state index contributed by atoms with van der Waals surface area (Å²) in [5, 5.41) is 223. The third kappa shape index (κ3) is 40.6. The van der Waals surface area contributed by atoms with Crippen LogP contribution in [0.2, 0.25) is 0 Å². The summed E-state index contributed by atoms with van der Waals surface area (Å²) in [5.74, 6) is -9.59. The van der Waals surface area contributed by atoms with Crippen LogP contribution in [0.4, 0.5) is 4.79 Å². The van der Waals surface area contributed by atoms with Crippen molar-refractivity contribution in [3.05, 3.63) is 0 Å². The molecule has 0 radical (unpaired) electrons. The minimum atomic E-state index is -1.71. The summed E-state index contributed by atoms with van der Waals surface area (Å²) in [6.45, 7) is -1.48. The fraction of sp³-hybridized carbons (Fsp3) is 0.855. The van der Waals surface area contributed by atoms with Gasteiger partial charge in [-0.2, -0.15) is 0 Å². The van der Waals surface area contributed by atoms with Crippen molar-refractivity contribution in [3.63, 3.8) is 0 Å². The van der Waals surface area contributed by atoms with E-state index in [9.17, 15) is 150 Å². The topological polar surface area (TPSA) is 842 Å². The molecule has 30 N–H and O–H groups in total. The Kier molecular flexibility index (Phi) is 53.6. The molecule has 6 heterocycles. The number of carbonyl (C=O) groups excluding carboxylic acids is 11. The molecule has 32 atom stereocenters. The molecule has 0 aliphatic carbocycles. The van der Waals surface area contributed by atoms with Gasteiger partial charge in [0, 0.05) is 65.3 Å². The number of aliphatic carboxylic acids is 1. The Bertz CT molecular complexity index is 3630. The van der Waals surface area contributed by atoms with E-state index in [4.69, 9.17) is 56.8 Å². The van der Waals surface area contributed by atoms with E-state index in [2.05, 4.69) is 58.5 Å². The van der Waals surface area contributed by atoms with Gasteiger partial charge >= 0.3 is 12.0 Å². The molecule has 57 nitrogen and oxygen atoms in total. The molecular weight excluding hydrogens is 1880 g/mol. The lowest BCUT2D eigenvalue weighted by Gasteiger charge is -2.38. The zero-order chi connectivity index (χ0) is 104. The van der Waals surface area contributed by atoms with Crippen LogP contribution in [0.25, 0.3) is 0 Å². The van der Waals surface area contributed by atoms with Gasteiger partial charge in [0.2, 0.25) is 59.1 Å². The molecule has 6 fully saturated rings. The summed E-state index contributed by atoms with van der Waals surface area (Å²) >= 11 is 0. The van der Waals surface area contributed by atoms with Gasteiger partial charge in [-0.25, -0.2) is 4.79 Å². The van der Waals surface area contributed by atoms with Crippen molar-refractivity contribution in [1.29, 1.82) is 0 Å². The molecule has 806 valence electrons. The summed E-state index contributed by atoms with van der Waals surface area (Å²) in [4.78, 5) is 168. The van der Waals surface area contributed by atoms with E-state index in [0.717, 1.165) is 14.7 Å². The van der Waals surface area contributed by atoms with Crippen molar-refractivity contribution < 1.29 is 211 Å². The third-order valence-corrected chi connectivity index (χ3v) is 23.3. The number of urea groups is 1. The van der Waals surface area contributed by atoms with Crippen LogP contribution in [0, 0.1) is 0 Å². The van der Waals surface area contributed by atoms with Crippen LogP contribution in [-0.2, 0) is 110 Å². The van der Waals surface area contributed by atoms with Gasteiger partial charge in [0.25, 0.3) is 0 Å². The van der Waals surface area contributed by atoms with Crippen LogP contribution >= 0.6 is 0 Å². The third-order valence-electron chi connectivity index (χ3n) is 23.3. The Balaban J connectivity index is 1.20. The van der Waals surface area contributed by atoms with Crippen LogP contribution in [0.5, 0.6) is 0 Å². The fourth-order valence-electron chi connectivity index (χ4n) is 15.0. The Morgan fingerprint density at radius 2 is 0.479 bits per heavy atom. The molecule has 0 spiro atoms. The summed E-state index contributed by atoms with van der Waals surface area (Å²) in [6, 6.07) is -4.16. The van der Waals surface area contributed by atoms with E-state index in [1.807, 2.05) is 0 Å². The molecular formula is C83H146N14O43. The minimum absolute atomic E-state index is 0.0262. The van der Waals surface area contributed by atoms with Gasteiger partial charge < -0.3 is 217 Å². The number of nitrogens with one attached hydrogen (secondary N) is 11. The molecule has 0 aromatic rings. The number of aliphatic hydroxyl groups is 18. The second-order valence-electron chi connectivity index (χ2n) is 34.8. The fourth-order valence-corrected chi connectivity index (χ4v) is 15.0. The highest BCUT2D eigenvalue weighted by molar-refractivity contribution is 5.93. The van der Waals surface area contributed by atoms with Crippen molar-refractivity contribution in [3.8, 4) is 0 Å². The number of hydrogen-bond donors (Lipinski definition) is 30. The summed E-state index contributed by atoms with van der Waals surface area (Å²) in [5.41, 5.74) is 0. The number of carboxylic acids is 1. The molecule has 6 saturated heterocycles. The van der Waals surface area contributed by atoms with Gasteiger partial charge in [-0.1, -0.05) is 6.42 Å². The number of carbonyl (C=O) groups is 12. The number of hydrogen-bond acceptors (Lipinski definition) is 44. The Morgan fingerprint density at radius 1 is 0.250 bits per heavy atom. The molecule has 0 aromatic heterocycles. The smallest absolute Gasteiger partial charge is 0.318 e. The number of amides is 12. The van der Waals surface area contributed by atoms with E-state index in [0.29, 0.717) is 6.42 Å². The van der Waals surface area contributed by atoms with E-state index in [-0.39, 0.29) is 156 Å². The van der Waals surface area contributed by atoms with E-state index >= 15 is 4.79 Å². The maximum atomic E-state index is 15.0. The normalized spacial score (nSPS) is 31.7. The lowest BCUT2D eigenvalue weighted by Crippen LogP contribution is -2.57. The standard InChI is InChI=1S/C83H146N14O43/c1-40-57(108)63(114)69(120)77(135-40)129-26-20-85-49(99)33-95(34-50(100)86-21-27-130-78-70(121)64(115)58(109)41(2)136-78)32-48(98)84-17-12-9-14-46(75(126)91-18-11-7-8-16-56(106)107)94-76(127)47(93-55(105)37-96(35-51(101)87-22-28-131-79-71(122)65(116)59(110)42(3)137-79)36-52(102)88-23-29-132-80-72(123)66(117)60(111)43(4)138-80)15-10-13-19-92-83(128)97(38-53(103)89-24-30-133-81-73(124)67(118)61(112)44(5)139-81)39-54(104)90-25-31-134-82-74(125)68(119)62(113)45(6)140-82/h40-47,57-74,77-82,108-125H,7-39H2,1-6H3,(H,84,98)(H,85,99)(H,86,100)(H,87,101)(H,88,102)(H,89,103)(H,90,104)(H,91,126)(H,92,128)(H,93,105)(H,94,127)(H,106,107)/t40-,41-,42-,43-,44-,45-,46-,47-,57+,58+,59+,60+,61+,62+,63+,64+,65+,66+,67+,68+,69-,70-,71-,72-,73-,74-,77+,78+,79+,80+,81+,82+/m0/s1. The average molecular weight is 2030 g/mol. The molecule has 6 aliphatic heterocycles. The van der Waals surface area contributed by atoms with Crippen molar-refractivity contribution in [1.82, 2.24) is 73.2 Å². The minimum Gasteiger partial charge on any atom is -0.481 e. The van der Waals surface area contributed by atoms with Crippen molar-refractivity contribution in [2.24, 2.45) is 0 Å². The molecule has 0 unspecified atom stereocenters. The number of unbranched alkanes of at least 4 members (excludes halogenated alkanes) is 4. The SMILES string of the molecule is C[C@@H]1O[C@@H](OCCNC(=O)CN(CC(=O)NCCCC[C@H](NC(=O)[C@H](CCCCNC(=O)N(CC(=O)NCCO[C@@H]2O[C@@H](C)[C@@H](O)[C@@H](O)[C@@H]2O)CC(=O)NCCO[C@@H]2O[C@@H](C)[C@@H](O)[C@@H](O)[C@@H]2O)NC(=O)CN(CC(=O)NCCO[C@@H]2O[C@@H](C)[C@@H](O)[C@@H](O)[C@@H]2O)CC(=O)NCCO[C@@H]2O[C@@H](C)[C@@H](O)[C@@H](O)[C@@H]2O)C(=O)NCCCCCC(=O)O)CC(=O)NCCO[C@@H]2O[C@@H](C)[C@@H](O)[C@@H](O)[C@@H]2O)[C@@H](O)[C@H](O)[C@@H]1O. The maximum absolute atomic E-state index is 15.0. The molecule has 0 aromatic carbocycles. The van der Waals surface area contributed by atoms with Gasteiger partial charge in [-0.15, -0.1) is 0 Å². The number of ether oxygens (including phenoxy) is 12. The summed E-state index contributed by atoms with van der Waals surface area (Å²) < 4.78 is 65.7. The molecule has 140 heavy (non-hydrogen) atoms. The molecule has 6 aliphatic rings. The zero-order valence-electron chi connectivity index (χ0n) is 78.9. The Morgan fingerprint density at radius 3 is 0.750 bits per heavy atom. The van der Waals surface area contributed by atoms with Gasteiger partial charge in [0.15, 0.2) is 37.7 Å². The molecule has 57 heteroatoms. The predicted molar refractivity (Wildman–Crippen MR) is 469 cm³/mol. The second kappa shape index (κ2) is 62.1. The average Bonchev–Trinajstić information content (AvgIpc) is 0.843. The van der Waals surface area contributed by atoms with Crippen molar-refractivity contribution in [2.45, 2.75) is 302 Å². The lowest BCUT2D eigenvalue weighted by atomic mass is 10.0. The van der Waals surface area contributed by atoms with Crippen LogP contribution in [0.1, 0.15) is 106 Å². The molecule has 0 bridgehead atoms. The second-order valence-corrected chi connectivity index (χ2v) is 34.8. The van der Waals surface area contributed by atoms with Crippen LogP contribution in [0.15, 0.2) is 0 Å². The lowest BCUT2D eigenvalue weighted by molar-refractivity contribution is -0.292. The first-order valence-electron chi connectivity index (χ1n) is 46.6. The van der Waals surface area contributed by atoms with Gasteiger partial charge in [-0.05, 0) is 92.9 Å². The number of aliphatic hydroxyl groups excluding tert-OH is 18. The Hall–Kier alpha value is -7.84. The maximum Gasteiger partial charge on any atom is 0.318 e. The Labute approximate surface area is 805 Å². The first kappa shape index (κ1) is 121. The predicted octanol–water partition coefficient (Wildman–Crippen LogP) is -16.4. The highest BCUT2D eigenvalue weighted by Crippen LogP contribution is 2.28. The van der Waals surface area contributed by atoms with E-state index in [1.165, 1.54) is 41.5 Å². The monoisotopic (exact) mass is 2030 g/mol. The first-order chi connectivity index (χ1) is 66.3. The molecule has 6 rings (SSSR count). The van der Waals surface area contributed by atoms with Crippen LogP contribution < -0.4 is 58.5 Å². The van der Waals surface area contributed by atoms with Crippen LogP contribution in [0.3, 0.4) is 0 Å². The number of rotatable bonds is 60. The van der Waals surface area contributed by atoms with E-state index < -0.39 is 320 Å².